The molecule has 0 bridgehead atoms. The molecule has 37 heavy (non-hydrogen) atoms. The molecule has 4 rings (SSSR count). The highest BCUT2D eigenvalue weighted by atomic mass is 19.1. The Morgan fingerprint density at radius 1 is 1.24 bits per heavy atom. The SMILES string of the molecule is CC.CC(C)F.CC/C(=C(\CNC)NC=O)c1cc(C)ccc1C1CCC1.Cc1cnn2cccnc12. The molecule has 0 atom stereocenters. The van der Waals surface area contributed by atoms with Crippen LogP contribution in [0.4, 0.5) is 4.39 Å². The summed E-state index contributed by atoms with van der Waals surface area (Å²) in [5.74, 6) is 0.689. The molecule has 2 heterocycles. The summed E-state index contributed by atoms with van der Waals surface area (Å²) >= 11 is 0. The number of allylic oxidation sites excluding steroid dienone is 1. The van der Waals surface area contributed by atoms with Crippen molar-refractivity contribution in [3.8, 4) is 0 Å². The molecule has 1 amide bonds. The Kier molecular flexibility index (Phi) is 15.0. The lowest BCUT2D eigenvalue weighted by Crippen LogP contribution is -2.23. The van der Waals surface area contributed by atoms with Gasteiger partial charge in [0.1, 0.15) is 0 Å². The quantitative estimate of drug-likeness (QED) is 0.343. The summed E-state index contributed by atoms with van der Waals surface area (Å²) in [6, 6.07) is 8.62. The van der Waals surface area contributed by atoms with Crippen molar-refractivity contribution >= 4 is 17.6 Å². The molecule has 1 aromatic carbocycles. The van der Waals surface area contributed by atoms with Gasteiger partial charge in [-0.25, -0.2) is 13.9 Å². The van der Waals surface area contributed by atoms with Crippen LogP contribution in [0.3, 0.4) is 0 Å². The zero-order valence-electron chi connectivity index (χ0n) is 23.9. The van der Waals surface area contributed by atoms with Gasteiger partial charge in [-0.15, -0.1) is 0 Å². The molecule has 1 fully saturated rings. The van der Waals surface area contributed by atoms with E-state index in [0.29, 0.717) is 12.5 Å². The largest absolute Gasteiger partial charge is 0.331 e. The number of alkyl halides is 1. The molecule has 7 heteroatoms. The number of aryl methyl sites for hydroxylation is 2. The molecule has 204 valence electrons. The molecule has 0 spiro atoms. The molecular weight excluding hydrogens is 465 g/mol. The summed E-state index contributed by atoms with van der Waals surface area (Å²) in [5.41, 5.74) is 8.33. The lowest BCUT2D eigenvalue weighted by Gasteiger charge is -2.29. The molecule has 0 radical (unpaired) electrons. The molecule has 1 aliphatic rings. The van der Waals surface area contributed by atoms with Crippen molar-refractivity contribution in [2.45, 2.75) is 86.2 Å². The van der Waals surface area contributed by atoms with Gasteiger partial charge in [-0.1, -0.05) is 51.0 Å². The molecule has 0 saturated heterocycles. The van der Waals surface area contributed by atoms with E-state index in [1.165, 1.54) is 55.4 Å². The van der Waals surface area contributed by atoms with Crippen LogP contribution < -0.4 is 10.6 Å². The number of likely N-dealkylation sites (N-methyl/N-ethyl adjacent to an activating group) is 1. The first-order valence-electron chi connectivity index (χ1n) is 13.4. The number of rotatable bonds is 7. The number of hydrogen-bond acceptors (Lipinski definition) is 4. The summed E-state index contributed by atoms with van der Waals surface area (Å²) in [6.45, 7) is 14.0. The number of nitrogens with one attached hydrogen (secondary N) is 2. The molecule has 0 aliphatic heterocycles. The van der Waals surface area contributed by atoms with Gasteiger partial charge in [0.2, 0.25) is 6.41 Å². The number of fused-ring (bicyclic) bond motifs is 1. The number of halogens is 1. The third kappa shape index (κ3) is 10.1. The first kappa shape index (κ1) is 32.0. The van der Waals surface area contributed by atoms with E-state index in [2.05, 4.69) is 52.8 Å². The molecule has 2 N–H and O–H groups in total. The third-order valence-electron chi connectivity index (χ3n) is 5.84. The fourth-order valence-corrected chi connectivity index (χ4v) is 4.01. The van der Waals surface area contributed by atoms with Crippen LogP contribution >= 0.6 is 0 Å². The number of nitrogens with zero attached hydrogens (tertiary/aromatic N) is 3. The van der Waals surface area contributed by atoms with Crippen LogP contribution in [0.2, 0.25) is 0 Å². The highest BCUT2D eigenvalue weighted by molar-refractivity contribution is 5.74. The monoisotopic (exact) mass is 511 g/mol. The Morgan fingerprint density at radius 2 is 1.92 bits per heavy atom. The normalized spacial score (nSPS) is 13.1. The molecule has 1 saturated carbocycles. The second kappa shape index (κ2) is 17.4. The predicted molar refractivity (Wildman–Crippen MR) is 153 cm³/mol. The van der Waals surface area contributed by atoms with Crippen molar-refractivity contribution in [1.82, 2.24) is 25.2 Å². The lowest BCUT2D eigenvalue weighted by atomic mass is 9.76. The van der Waals surface area contributed by atoms with Crippen LogP contribution in [0.15, 0.2) is 48.6 Å². The van der Waals surface area contributed by atoms with Crippen molar-refractivity contribution in [1.29, 1.82) is 0 Å². The van der Waals surface area contributed by atoms with E-state index in [1.807, 2.05) is 46.3 Å². The van der Waals surface area contributed by atoms with E-state index in [4.69, 9.17) is 0 Å². The Morgan fingerprint density at radius 3 is 2.43 bits per heavy atom. The van der Waals surface area contributed by atoms with Gasteiger partial charge in [0.15, 0.2) is 5.65 Å². The number of benzene rings is 1. The molecule has 6 nitrogen and oxygen atoms in total. The number of carbonyl (C=O) groups excluding carboxylic acids is 1. The fraction of sp³-hybridized carbons (Fsp3) is 0.500. The first-order chi connectivity index (χ1) is 17.8. The molecule has 0 unspecified atom stereocenters. The predicted octanol–water partition coefficient (Wildman–Crippen LogP) is 6.78. The van der Waals surface area contributed by atoms with Crippen LogP contribution in [0.5, 0.6) is 0 Å². The Balaban J connectivity index is 0.000000352. The second-order valence-corrected chi connectivity index (χ2v) is 9.05. The van der Waals surface area contributed by atoms with Gasteiger partial charge in [0.05, 0.1) is 12.4 Å². The van der Waals surface area contributed by atoms with Gasteiger partial charge < -0.3 is 10.6 Å². The van der Waals surface area contributed by atoms with Crippen molar-refractivity contribution in [2.75, 3.05) is 13.6 Å². The van der Waals surface area contributed by atoms with Crippen LogP contribution in [0, 0.1) is 13.8 Å². The Labute approximate surface area is 222 Å². The van der Waals surface area contributed by atoms with Gasteiger partial charge in [-0.2, -0.15) is 5.10 Å². The van der Waals surface area contributed by atoms with E-state index in [9.17, 15) is 9.18 Å². The first-order valence-corrected chi connectivity index (χ1v) is 13.4. The highest BCUT2D eigenvalue weighted by Gasteiger charge is 2.23. The summed E-state index contributed by atoms with van der Waals surface area (Å²) in [5, 5.41) is 10.1. The summed E-state index contributed by atoms with van der Waals surface area (Å²) in [4.78, 5) is 15.1. The van der Waals surface area contributed by atoms with Crippen LogP contribution in [0.1, 0.15) is 88.5 Å². The maximum absolute atomic E-state index is 11.0. The number of hydrogen-bond donors (Lipinski definition) is 2. The van der Waals surface area contributed by atoms with Crippen LogP contribution in [0.25, 0.3) is 11.2 Å². The standard InChI is InChI=1S/C18H26N2O.C7H7N3.C3H7F.C2H6/c1-4-15(18(11-19-3)20-12-21)17-10-13(2)8-9-16(17)14-6-5-7-14;1-6-5-9-10-4-2-3-8-7(6)10;1-3(2)4;1-2/h8-10,12,14,19H,4-7,11H2,1-3H3,(H,20,21);2-5H,1H3;3H,1-2H3;1-2H3/b18-15-;;;. The zero-order chi connectivity index (χ0) is 27.8. The number of aromatic nitrogens is 3. The molecule has 3 aromatic rings. The van der Waals surface area contributed by atoms with E-state index in [0.717, 1.165) is 29.7 Å². The van der Waals surface area contributed by atoms with Crippen LogP contribution in [-0.2, 0) is 4.79 Å². The third-order valence-corrected chi connectivity index (χ3v) is 5.84. The zero-order valence-corrected chi connectivity index (χ0v) is 23.9. The highest BCUT2D eigenvalue weighted by Crippen LogP contribution is 2.41. The molecular formula is C30H46FN5O. The average molecular weight is 512 g/mol. The van der Waals surface area contributed by atoms with Crippen molar-refractivity contribution in [3.63, 3.8) is 0 Å². The van der Waals surface area contributed by atoms with Gasteiger partial charge in [0.25, 0.3) is 0 Å². The molecule has 1 aliphatic carbocycles. The minimum Gasteiger partial charge on any atom is -0.331 e. The van der Waals surface area contributed by atoms with Crippen LogP contribution in [-0.4, -0.2) is 40.8 Å². The summed E-state index contributed by atoms with van der Waals surface area (Å²) in [6.07, 6.45) is 10.4. The van der Waals surface area contributed by atoms with E-state index >= 15 is 0 Å². The molecule has 2 aromatic heterocycles. The van der Waals surface area contributed by atoms with Crippen molar-refractivity contribution in [2.24, 2.45) is 0 Å². The van der Waals surface area contributed by atoms with Gasteiger partial charge in [-0.3, -0.25) is 4.79 Å². The fourth-order valence-electron chi connectivity index (χ4n) is 4.01. The minimum atomic E-state index is -0.667. The van der Waals surface area contributed by atoms with Gasteiger partial charge in [-0.05, 0) is 82.7 Å². The number of amides is 1. The smallest absolute Gasteiger partial charge is 0.211 e. The maximum atomic E-state index is 11.0. The number of carbonyl (C=O) groups is 1. The average Bonchev–Trinajstić information content (AvgIpc) is 3.23. The van der Waals surface area contributed by atoms with Crippen molar-refractivity contribution in [3.05, 3.63) is 70.8 Å². The van der Waals surface area contributed by atoms with Gasteiger partial charge >= 0.3 is 0 Å². The van der Waals surface area contributed by atoms with E-state index in [-0.39, 0.29) is 0 Å². The summed E-state index contributed by atoms with van der Waals surface area (Å²) < 4.78 is 12.8. The minimum absolute atomic E-state index is 0.667. The van der Waals surface area contributed by atoms with Crippen molar-refractivity contribution < 1.29 is 9.18 Å². The lowest BCUT2D eigenvalue weighted by molar-refractivity contribution is -0.108. The van der Waals surface area contributed by atoms with Gasteiger partial charge in [0, 0.05) is 30.2 Å². The Hall–Kier alpha value is -3.06. The topological polar surface area (TPSA) is 71.3 Å². The maximum Gasteiger partial charge on any atom is 0.211 e. The second-order valence-electron chi connectivity index (χ2n) is 9.05. The van der Waals surface area contributed by atoms with E-state index in [1.54, 1.807) is 10.7 Å². The van der Waals surface area contributed by atoms with E-state index < -0.39 is 6.17 Å². The Bertz CT molecular complexity index is 1100. The summed E-state index contributed by atoms with van der Waals surface area (Å²) in [7, 11) is 1.91.